The van der Waals surface area contributed by atoms with Gasteiger partial charge in [0.05, 0.1) is 6.10 Å². The zero-order valence-electron chi connectivity index (χ0n) is 24.9. The van der Waals surface area contributed by atoms with E-state index in [4.69, 9.17) is 0 Å². The summed E-state index contributed by atoms with van der Waals surface area (Å²) in [6.45, 7) is 4.24. The molecule has 6 atom stereocenters. The Bertz CT molecular complexity index is 985. The number of aliphatic hydroxyl groups excluding tert-OH is 1. The van der Waals surface area contributed by atoms with Crippen LogP contribution < -0.4 is 0 Å². The Labute approximate surface area is 242 Å². The van der Waals surface area contributed by atoms with Crippen molar-refractivity contribution >= 4 is 0 Å². The molecule has 2 saturated carbocycles. The van der Waals surface area contributed by atoms with Crippen LogP contribution in [0.15, 0.2) is 18.2 Å². The fourth-order valence-electron chi connectivity index (χ4n) is 8.61. The fraction of sp³-hybridized carbons (Fsp3) is 0.818. The van der Waals surface area contributed by atoms with Gasteiger partial charge >= 0.3 is 12.1 Å². The topological polar surface area (TPSA) is 43.7 Å². The SMILES string of the molecule is CN(CCCCCCCC(F)(F)C(F)(F)F)CCCCC[C@H]1CC2(C)C(O)CCC2C2CCc3cc(O)ccc3C21. The fourth-order valence-corrected chi connectivity index (χ4v) is 8.61. The molecule has 1 aromatic rings. The van der Waals surface area contributed by atoms with Gasteiger partial charge in [-0.25, -0.2) is 0 Å². The summed E-state index contributed by atoms with van der Waals surface area (Å²) in [5, 5.41) is 21.1. The molecule has 234 valence electrons. The molecule has 4 rings (SSSR count). The predicted octanol–water partition coefficient (Wildman–Crippen LogP) is 8.87. The first-order chi connectivity index (χ1) is 19.3. The zero-order chi connectivity index (χ0) is 29.8. The summed E-state index contributed by atoms with van der Waals surface area (Å²) in [7, 11) is 2.09. The normalized spacial score (nSPS) is 29.8. The van der Waals surface area contributed by atoms with Gasteiger partial charge in [-0.1, -0.05) is 45.1 Å². The smallest absolute Gasteiger partial charge is 0.453 e. The van der Waals surface area contributed by atoms with Crippen molar-refractivity contribution in [2.45, 2.75) is 127 Å². The van der Waals surface area contributed by atoms with E-state index in [-0.39, 0.29) is 17.9 Å². The van der Waals surface area contributed by atoms with Crippen molar-refractivity contribution in [2.24, 2.45) is 23.2 Å². The number of phenols is 1. The molecule has 2 fully saturated rings. The van der Waals surface area contributed by atoms with E-state index in [0.29, 0.717) is 42.3 Å². The Morgan fingerprint density at radius 3 is 2.27 bits per heavy atom. The molecule has 0 bridgehead atoms. The number of rotatable bonds is 14. The van der Waals surface area contributed by atoms with Crippen LogP contribution in [0.25, 0.3) is 0 Å². The molecule has 5 unspecified atom stereocenters. The lowest BCUT2D eigenvalue weighted by Gasteiger charge is -2.54. The van der Waals surface area contributed by atoms with Crippen LogP contribution in [-0.4, -0.2) is 53.5 Å². The largest absolute Gasteiger partial charge is 0.508 e. The van der Waals surface area contributed by atoms with Crippen LogP contribution >= 0.6 is 0 Å². The third-order valence-electron chi connectivity index (χ3n) is 10.8. The summed E-state index contributed by atoms with van der Waals surface area (Å²) in [5.41, 5.74) is 2.75. The van der Waals surface area contributed by atoms with Gasteiger partial charge in [0.1, 0.15) is 5.75 Å². The molecule has 0 spiro atoms. The van der Waals surface area contributed by atoms with Gasteiger partial charge in [-0.15, -0.1) is 0 Å². The quantitative estimate of drug-likeness (QED) is 0.169. The highest BCUT2D eigenvalue weighted by molar-refractivity contribution is 5.40. The van der Waals surface area contributed by atoms with Gasteiger partial charge in [0.15, 0.2) is 0 Å². The molecule has 3 nitrogen and oxygen atoms in total. The lowest BCUT2D eigenvalue weighted by atomic mass is 9.51. The highest BCUT2D eigenvalue weighted by Gasteiger charge is 2.57. The van der Waals surface area contributed by atoms with Gasteiger partial charge in [-0.2, -0.15) is 22.0 Å². The Hall–Kier alpha value is -1.41. The number of aliphatic hydroxyl groups is 1. The molecule has 2 N–H and O–H groups in total. The molecule has 1 aromatic carbocycles. The van der Waals surface area contributed by atoms with Gasteiger partial charge in [0.25, 0.3) is 0 Å². The number of hydrogen-bond acceptors (Lipinski definition) is 3. The van der Waals surface area contributed by atoms with Crippen LogP contribution in [0.1, 0.15) is 114 Å². The molecular formula is C33H50F5NO2. The van der Waals surface area contributed by atoms with E-state index in [2.05, 4.69) is 24.9 Å². The van der Waals surface area contributed by atoms with E-state index in [1.807, 2.05) is 12.1 Å². The summed E-state index contributed by atoms with van der Waals surface area (Å²) >= 11 is 0. The lowest BCUT2D eigenvalue weighted by Crippen LogP contribution is -2.47. The number of benzene rings is 1. The maximum Gasteiger partial charge on any atom is 0.453 e. The van der Waals surface area contributed by atoms with Crippen molar-refractivity contribution in [3.05, 3.63) is 29.3 Å². The maximum atomic E-state index is 13.0. The number of unbranched alkanes of at least 4 members (excludes halogenated alkanes) is 6. The first-order valence-corrected chi connectivity index (χ1v) is 16.0. The molecule has 0 aliphatic heterocycles. The van der Waals surface area contributed by atoms with Crippen LogP contribution in [0.5, 0.6) is 5.75 Å². The second kappa shape index (κ2) is 13.5. The third kappa shape index (κ3) is 7.57. The molecule has 41 heavy (non-hydrogen) atoms. The minimum atomic E-state index is -5.44. The molecule has 0 radical (unpaired) electrons. The first-order valence-electron chi connectivity index (χ1n) is 16.0. The van der Waals surface area contributed by atoms with Crippen molar-refractivity contribution in [3.63, 3.8) is 0 Å². The number of alkyl halides is 5. The number of aryl methyl sites for hydroxylation is 1. The average Bonchev–Trinajstić information content (AvgIpc) is 3.20. The van der Waals surface area contributed by atoms with Crippen molar-refractivity contribution in [1.82, 2.24) is 4.90 Å². The Kier molecular flexibility index (Phi) is 10.7. The van der Waals surface area contributed by atoms with Gasteiger partial charge in [-0.3, -0.25) is 0 Å². The summed E-state index contributed by atoms with van der Waals surface area (Å²) in [6, 6.07) is 5.97. The number of nitrogens with zero attached hydrogens (tertiary/aromatic N) is 1. The molecule has 3 aliphatic rings. The van der Waals surface area contributed by atoms with Crippen LogP contribution in [0.3, 0.4) is 0 Å². The molecule has 0 saturated heterocycles. The van der Waals surface area contributed by atoms with Crippen molar-refractivity contribution in [1.29, 1.82) is 0 Å². The van der Waals surface area contributed by atoms with Crippen LogP contribution in [0.2, 0.25) is 0 Å². The van der Waals surface area contributed by atoms with Crippen molar-refractivity contribution in [3.8, 4) is 5.75 Å². The molecule has 8 heteroatoms. The number of aromatic hydroxyl groups is 1. The summed E-state index contributed by atoms with van der Waals surface area (Å²) in [4.78, 5) is 2.29. The lowest BCUT2D eigenvalue weighted by molar-refractivity contribution is -0.284. The molecule has 0 aromatic heterocycles. The minimum Gasteiger partial charge on any atom is -0.508 e. The van der Waals surface area contributed by atoms with Gasteiger partial charge in [-0.05, 0) is 130 Å². The molecule has 0 amide bonds. The minimum absolute atomic E-state index is 0.0136. The van der Waals surface area contributed by atoms with E-state index < -0.39 is 18.5 Å². The van der Waals surface area contributed by atoms with E-state index >= 15 is 0 Å². The number of hydrogen-bond donors (Lipinski definition) is 2. The van der Waals surface area contributed by atoms with Gasteiger partial charge in [0.2, 0.25) is 0 Å². The number of fused-ring (bicyclic) bond motifs is 5. The van der Waals surface area contributed by atoms with E-state index in [1.54, 1.807) is 0 Å². The standard InChI is InChI=1S/C33H50F5NO2/c1-31-22-24(30-26-15-13-25(40)21-23(26)12-14-27(30)28(31)16-17-29(31)41)11-7-6-10-20-39(2)19-9-5-3-4-8-18-32(34,35)33(36,37)38/h13,15,21,24,27-30,40-41H,3-12,14,16-20,22H2,1-2H3/t24-,27?,28?,29?,30?,31?/m0/s1. The number of halogens is 5. The van der Waals surface area contributed by atoms with Crippen molar-refractivity contribution in [2.75, 3.05) is 20.1 Å². The summed E-state index contributed by atoms with van der Waals surface area (Å²) in [5.74, 6) is -1.97. The van der Waals surface area contributed by atoms with E-state index in [1.165, 1.54) is 11.1 Å². The Morgan fingerprint density at radius 1 is 0.902 bits per heavy atom. The molecular weight excluding hydrogens is 537 g/mol. The number of phenolic OH excluding ortho intramolecular Hbond substituents is 1. The Morgan fingerprint density at radius 2 is 1.56 bits per heavy atom. The molecule has 0 heterocycles. The van der Waals surface area contributed by atoms with Gasteiger partial charge < -0.3 is 15.1 Å². The maximum absolute atomic E-state index is 13.0. The van der Waals surface area contributed by atoms with Crippen LogP contribution in [0.4, 0.5) is 22.0 Å². The summed E-state index contributed by atoms with van der Waals surface area (Å²) < 4.78 is 62.6. The van der Waals surface area contributed by atoms with Gasteiger partial charge in [0, 0.05) is 6.42 Å². The highest BCUT2D eigenvalue weighted by atomic mass is 19.4. The molecule has 3 aliphatic carbocycles. The highest BCUT2D eigenvalue weighted by Crippen LogP contribution is 2.63. The monoisotopic (exact) mass is 587 g/mol. The van der Waals surface area contributed by atoms with Crippen molar-refractivity contribution < 1.29 is 32.2 Å². The van der Waals surface area contributed by atoms with E-state index in [9.17, 15) is 32.2 Å². The predicted molar refractivity (Wildman–Crippen MR) is 152 cm³/mol. The second-order valence-electron chi connectivity index (χ2n) is 13.7. The Balaban J connectivity index is 1.17. The van der Waals surface area contributed by atoms with Crippen LogP contribution in [-0.2, 0) is 6.42 Å². The van der Waals surface area contributed by atoms with E-state index in [0.717, 1.165) is 83.7 Å². The zero-order valence-corrected chi connectivity index (χ0v) is 24.9. The average molecular weight is 588 g/mol. The first kappa shape index (κ1) is 32.5. The second-order valence-corrected chi connectivity index (χ2v) is 13.7. The van der Waals surface area contributed by atoms with Crippen LogP contribution in [0, 0.1) is 23.2 Å². The summed E-state index contributed by atoms with van der Waals surface area (Å²) in [6.07, 6.45) is 5.85. The third-order valence-corrected chi connectivity index (χ3v) is 10.8.